The van der Waals surface area contributed by atoms with Gasteiger partial charge in [-0.15, -0.1) is 11.3 Å². The maximum absolute atomic E-state index is 12.5. The lowest BCUT2D eigenvalue weighted by Gasteiger charge is -2.07. The number of aromatic nitrogens is 1. The van der Waals surface area contributed by atoms with E-state index in [9.17, 15) is 18.0 Å². The lowest BCUT2D eigenvalue weighted by molar-refractivity contribution is 0.0600. The number of sulfone groups is 1. The summed E-state index contributed by atoms with van der Waals surface area (Å²) in [5, 5.41) is 4.72. The maximum atomic E-state index is 12.5. The second-order valence-electron chi connectivity index (χ2n) is 5.83. The Labute approximate surface area is 165 Å². The highest BCUT2D eigenvalue weighted by atomic mass is 32.2. The van der Waals surface area contributed by atoms with Crippen molar-refractivity contribution in [3.8, 4) is 11.3 Å². The molecule has 0 aliphatic heterocycles. The average molecular weight is 416 g/mol. The largest absolute Gasteiger partial charge is 0.465 e. The van der Waals surface area contributed by atoms with E-state index >= 15 is 0 Å². The van der Waals surface area contributed by atoms with Crippen LogP contribution in [0.2, 0.25) is 0 Å². The minimum absolute atomic E-state index is 0.0392. The molecule has 0 aliphatic carbocycles. The van der Waals surface area contributed by atoms with Crippen LogP contribution in [0.25, 0.3) is 11.3 Å². The Bertz CT molecular complexity index is 1140. The maximum Gasteiger partial charge on any atom is 0.337 e. The zero-order valence-electron chi connectivity index (χ0n) is 15.0. The topological polar surface area (TPSA) is 102 Å². The number of ether oxygens (including phenoxy) is 1. The summed E-state index contributed by atoms with van der Waals surface area (Å²) < 4.78 is 28.4. The summed E-state index contributed by atoms with van der Waals surface area (Å²) in [5.41, 5.74) is 1.87. The van der Waals surface area contributed by atoms with Gasteiger partial charge in [0.25, 0.3) is 5.91 Å². The predicted molar refractivity (Wildman–Crippen MR) is 106 cm³/mol. The second kappa shape index (κ2) is 7.91. The number of anilines is 1. The molecule has 7 nitrogen and oxygen atoms in total. The molecule has 28 heavy (non-hydrogen) atoms. The summed E-state index contributed by atoms with van der Waals surface area (Å²) >= 11 is 1.21. The van der Waals surface area contributed by atoms with Gasteiger partial charge in [-0.1, -0.05) is 24.3 Å². The van der Waals surface area contributed by atoms with Gasteiger partial charge < -0.3 is 4.74 Å². The van der Waals surface area contributed by atoms with Crippen LogP contribution in [0.1, 0.15) is 20.7 Å². The van der Waals surface area contributed by atoms with Gasteiger partial charge in [-0.25, -0.2) is 18.2 Å². The highest BCUT2D eigenvalue weighted by Gasteiger charge is 2.19. The molecule has 0 bridgehead atoms. The zero-order valence-corrected chi connectivity index (χ0v) is 16.6. The number of carbonyl (C=O) groups is 2. The van der Waals surface area contributed by atoms with E-state index in [0.717, 1.165) is 11.8 Å². The molecule has 0 unspecified atom stereocenters. The number of hydrogen-bond donors (Lipinski definition) is 1. The molecule has 1 heterocycles. The van der Waals surface area contributed by atoms with Gasteiger partial charge in [-0.2, -0.15) is 0 Å². The van der Waals surface area contributed by atoms with E-state index in [1.807, 2.05) is 0 Å². The average Bonchev–Trinajstić information content (AvgIpc) is 3.15. The first-order valence-corrected chi connectivity index (χ1v) is 10.8. The van der Waals surface area contributed by atoms with Gasteiger partial charge in [-0.3, -0.25) is 10.1 Å². The smallest absolute Gasteiger partial charge is 0.337 e. The zero-order chi connectivity index (χ0) is 20.3. The van der Waals surface area contributed by atoms with Crippen molar-refractivity contribution in [3.05, 3.63) is 65.0 Å². The van der Waals surface area contributed by atoms with Gasteiger partial charge in [-0.05, 0) is 24.3 Å². The van der Waals surface area contributed by atoms with Crippen molar-refractivity contribution < 1.29 is 22.7 Å². The molecule has 1 N–H and O–H groups in total. The van der Waals surface area contributed by atoms with Crippen molar-refractivity contribution in [1.82, 2.24) is 4.98 Å². The third kappa shape index (κ3) is 4.26. The lowest BCUT2D eigenvalue weighted by Crippen LogP contribution is -2.15. The number of thiazole rings is 1. The number of hydrogen-bond acceptors (Lipinski definition) is 7. The highest BCUT2D eigenvalue weighted by molar-refractivity contribution is 7.90. The Kier molecular flexibility index (Phi) is 5.57. The highest BCUT2D eigenvalue weighted by Crippen LogP contribution is 2.26. The molecular weight excluding hydrogens is 400 g/mol. The summed E-state index contributed by atoms with van der Waals surface area (Å²) in [6.07, 6.45) is 1.05. The van der Waals surface area contributed by atoms with Gasteiger partial charge in [0.05, 0.1) is 28.8 Å². The molecule has 0 fully saturated rings. The molecule has 9 heteroatoms. The fourth-order valence-corrected chi connectivity index (χ4v) is 4.10. The number of rotatable bonds is 5. The van der Waals surface area contributed by atoms with Gasteiger partial charge in [0, 0.05) is 17.2 Å². The van der Waals surface area contributed by atoms with Gasteiger partial charge in [0.1, 0.15) is 0 Å². The summed E-state index contributed by atoms with van der Waals surface area (Å²) in [6.45, 7) is 0. The normalized spacial score (nSPS) is 11.1. The van der Waals surface area contributed by atoms with Gasteiger partial charge >= 0.3 is 5.97 Å². The molecule has 0 radical (unpaired) electrons. The molecule has 1 aromatic heterocycles. The van der Waals surface area contributed by atoms with Crippen molar-refractivity contribution in [2.45, 2.75) is 4.90 Å². The van der Waals surface area contributed by atoms with Crippen LogP contribution in [-0.2, 0) is 14.6 Å². The van der Waals surface area contributed by atoms with E-state index in [1.165, 1.54) is 30.6 Å². The standard InChI is InChI=1S/C19H16N2O5S2/c1-26-18(23)13-9-7-12(8-10-13)15-11-27-19(20-15)21-17(22)14-5-3-4-6-16(14)28(2,24)25/h3-11H,1-2H3,(H,20,21,22). The SMILES string of the molecule is COC(=O)c1ccc(-c2csc(NC(=O)c3ccccc3S(C)(=O)=O)n2)cc1. The first-order chi connectivity index (χ1) is 13.3. The lowest BCUT2D eigenvalue weighted by atomic mass is 10.1. The van der Waals surface area contributed by atoms with Crippen LogP contribution in [0, 0.1) is 0 Å². The van der Waals surface area contributed by atoms with Crippen LogP contribution in [0.15, 0.2) is 58.8 Å². The fourth-order valence-electron chi connectivity index (χ4n) is 2.50. The molecule has 0 saturated carbocycles. The molecule has 144 valence electrons. The molecule has 2 aromatic carbocycles. The Morgan fingerprint density at radius 2 is 1.75 bits per heavy atom. The number of nitrogens with zero attached hydrogens (tertiary/aromatic N) is 1. The molecule has 0 saturated heterocycles. The van der Waals surface area contributed by atoms with Crippen LogP contribution < -0.4 is 5.32 Å². The Hall–Kier alpha value is -3.04. The Morgan fingerprint density at radius 1 is 1.07 bits per heavy atom. The Morgan fingerprint density at radius 3 is 2.39 bits per heavy atom. The van der Waals surface area contributed by atoms with Crippen LogP contribution in [-0.4, -0.2) is 38.6 Å². The molecule has 3 rings (SSSR count). The number of carbonyl (C=O) groups excluding carboxylic acids is 2. The predicted octanol–water partition coefficient (Wildman–Crippen LogP) is 3.25. The monoisotopic (exact) mass is 416 g/mol. The van der Waals surface area contributed by atoms with E-state index < -0.39 is 21.7 Å². The van der Waals surface area contributed by atoms with E-state index in [4.69, 9.17) is 0 Å². The molecule has 0 atom stereocenters. The minimum Gasteiger partial charge on any atom is -0.465 e. The third-order valence-corrected chi connectivity index (χ3v) is 5.77. The summed E-state index contributed by atoms with van der Waals surface area (Å²) in [5.74, 6) is -0.981. The number of amides is 1. The summed E-state index contributed by atoms with van der Waals surface area (Å²) in [4.78, 5) is 28.3. The van der Waals surface area contributed by atoms with Crippen molar-refractivity contribution >= 4 is 38.2 Å². The van der Waals surface area contributed by atoms with Crippen molar-refractivity contribution in [2.75, 3.05) is 18.7 Å². The summed E-state index contributed by atoms with van der Waals surface area (Å²) in [6, 6.07) is 12.7. The van der Waals surface area contributed by atoms with Crippen molar-refractivity contribution in [1.29, 1.82) is 0 Å². The van der Waals surface area contributed by atoms with Gasteiger partial charge in [0.15, 0.2) is 15.0 Å². The molecule has 0 spiro atoms. The van der Waals surface area contributed by atoms with E-state index in [1.54, 1.807) is 41.8 Å². The van der Waals surface area contributed by atoms with Crippen LogP contribution in [0.5, 0.6) is 0 Å². The first-order valence-electron chi connectivity index (χ1n) is 8.04. The number of benzene rings is 2. The minimum atomic E-state index is -3.54. The Balaban J connectivity index is 1.80. The molecular formula is C19H16N2O5S2. The number of esters is 1. The number of nitrogens with one attached hydrogen (secondary N) is 1. The van der Waals surface area contributed by atoms with Gasteiger partial charge in [0.2, 0.25) is 0 Å². The molecule has 0 aliphatic rings. The van der Waals surface area contributed by atoms with E-state index in [2.05, 4.69) is 15.0 Å². The van der Waals surface area contributed by atoms with Crippen LogP contribution in [0.4, 0.5) is 5.13 Å². The first kappa shape index (κ1) is 19.7. The fraction of sp³-hybridized carbons (Fsp3) is 0.105. The summed E-state index contributed by atoms with van der Waals surface area (Å²) in [7, 11) is -2.22. The number of methoxy groups -OCH3 is 1. The second-order valence-corrected chi connectivity index (χ2v) is 8.67. The quantitative estimate of drug-likeness (QED) is 0.641. The van der Waals surface area contributed by atoms with Crippen molar-refractivity contribution in [3.63, 3.8) is 0 Å². The molecule has 3 aromatic rings. The van der Waals surface area contributed by atoms with Crippen molar-refractivity contribution in [2.24, 2.45) is 0 Å². The van der Waals surface area contributed by atoms with E-state index in [-0.39, 0.29) is 10.5 Å². The van der Waals surface area contributed by atoms with Crippen LogP contribution >= 0.6 is 11.3 Å². The molecule has 1 amide bonds. The van der Waals surface area contributed by atoms with E-state index in [0.29, 0.717) is 16.4 Å². The third-order valence-electron chi connectivity index (χ3n) is 3.86. The van der Waals surface area contributed by atoms with Crippen LogP contribution in [0.3, 0.4) is 0 Å².